The molecule has 0 amide bonds. The zero-order chi connectivity index (χ0) is 15.7. The highest BCUT2D eigenvalue weighted by Gasteiger charge is 2.19. The lowest BCUT2D eigenvalue weighted by atomic mass is 10.1. The van der Waals surface area contributed by atoms with E-state index in [4.69, 9.17) is 16.3 Å². The SMILES string of the molecule is CCCCOC(=O)C(Cc1ccc(Cl)cc1)N=CN(C)C. The molecule has 0 spiro atoms. The number of ether oxygens (including phenoxy) is 1. The lowest BCUT2D eigenvalue weighted by molar-refractivity contribution is -0.145. The molecule has 0 saturated heterocycles. The van der Waals surface area contributed by atoms with Crippen LogP contribution in [0.5, 0.6) is 0 Å². The van der Waals surface area contributed by atoms with E-state index in [1.165, 1.54) is 0 Å². The Morgan fingerprint density at radius 2 is 2.05 bits per heavy atom. The van der Waals surface area contributed by atoms with Crippen LogP contribution in [0.3, 0.4) is 0 Å². The zero-order valence-electron chi connectivity index (χ0n) is 12.9. The van der Waals surface area contributed by atoms with Gasteiger partial charge in [0.2, 0.25) is 0 Å². The van der Waals surface area contributed by atoms with Gasteiger partial charge in [-0.3, -0.25) is 4.99 Å². The van der Waals surface area contributed by atoms with Crippen LogP contribution in [0.25, 0.3) is 0 Å². The second-order valence-corrected chi connectivity index (χ2v) is 5.53. The number of nitrogens with zero attached hydrogens (tertiary/aromatic N) is 2. The van der Waals surface area contributed by atoms with Crippen molar-refractivity contribution < 1.29 is 9.53 Å². The molecule has 0 radical (unpaired) electrons. The molecule has 21 heavy (non-hydrogen) atoms. The predicted molar refractivity (Wildman–Crippen MR) is 87.0 cm³/mol. The molecule has 4 nitrogen and oxygen atoms in total. The molecule has 1 aromatic rings. The van der Waals surface area contributed by atoms with Gasteiger partial charge in [0.15, 0.2) is 6.04 Å². The van der Waals surface area contributed by atoms with Gasteiger partial charge in [-0.25, -0.2) is 4.79 Å². The second kappa shape index (κ2) is 9.40. The Hall–Kier alpha value is -1.55. The summed E-state index contributed by atoms with van der Waals surface area (Å²) in [7, 11) is 3.73. The number of rotatable bonds is 8. The van der Waals surface area contributed by atoms with E-state index in [-0.39, 0.29) is 5.97 Å². The van der Waals surface area contributed by atoms with E-state index in [0.717, 1.165) is 18.4 Å². The summed E-state index contributed by atoms with van der Waals surface area (Å²) in [6.07, 6.45) is 4.01. The van der Waals surface area contributed by atoms with Crippen molar-refractivity contribution in [3.8, 4) is 0 Å². The van der Waals surface area contributed by atoms with E-state index in [1.54, 1.807) is 11.2 Å². The van der Waals surface area contributed by atoms with Crippen LogP contribution in [0.15, 0.2) is 29.3 Å². The molecule has 1 unspecified atom stereocenters. The fraction of sp³-hybridized carbons (Fsp3) is 0.500. The maximum Gasteiger partial charge on any atom is 0.331 e. The highest BCUT2D eigenvalue weighted by molar-refractivity contribution is 6.30. The zero-order valence-corrected chi connectivity index (χ0v) is 13.6. The van der Waals surface area contributed by atoms with Gasteiger partial charge in [0.25, 0.3) is 0 Å². The van der Waals surface area contributed by atoms with Crippen molar-refractivity contribution in [2.24, 2.45) is 4.99 Å². The topological polar surface area (TPSA) is 41.9 Å². The average Bonchev–Trinajstić information content (AvgIpc) is 2.45. The Labute approximate surface area is 131 Å². The summed E-state index contributed by atoms with van der Waals surface area (Å²) in [4.78, 5) is 18.2. The first-order chi connectivity index (χ1) is 10.0. The number of halogens is 1. The summed E-state index contributed by atoms with van der Waals surface area (Å²) in [6.45, 7) is 2.51. The number of unbranched alkanes of at least 4 members (excludes halogenated alkanes) is 1. The molecule has 0 aliphatic rings. The number of carbonyl (C=O) groups excluding carboxylic acids is 1. The molecule has 0 saturated carbocycles. The van der Waals surface area contributed by atoms with Crippen LogP contribution in [-0.4, -0.2) is 44.0 Å². The third-order valence-corrected chi connectivity index (χ3v) is 3.09. The molecule has 0 fully saturated rings. The summed E-state index contributed by atoms with van der Waals surface area (Å²) >= 11 is 5.87. The molecule has 5 heteroatoms. The van der Waals surface area contributed by atoms with Crippen LogP contribution in [0.1, 0.15) is 25.3 Å². The van der Waals surface area contributed by atoms with E-state index >= 15 is 0 Å². The predicted octanol–water partition coefficient (Wildman–Crippen LogP) is 3.18. The number of aliphatic imine (C=N–C) groups is 1. The van der Waals surface area contributed by atoms with Gasteiger partial charge < -0.3 is 9.64 Å². The van der Waals surface area contributed by atoms with Crippen LogP contribution in [0, 0.1) is 0 Å². The number of esters is 1. The summed E-state index contributed by atoms with van der Waals surface area (Å²) < 4.78 is 5.28. The van der Waals surface area contributed by atoms with E-state index in [9.17, 15) is 4.79 Å². The Bertz CT molecular complexity index is 458. The third kappa shape index (κ3) is 7.14. The van der Waals surface area contributed by atoms with Gasteiger partial charge in [0, 0.05) is 25.5 Å². The van der Waals surface area contributed by atoms with E-state index in [0.29, 0.717) is 18.1 Å². The van der Waals surface area contributed by atoms with Crippen molar-refractivity contribution >= 4 is 23.9 Å². The van der Waals surface area contributed by atoms with Crippen LogP contribution < -0.4 is 0 Å². The second-order valence-electron chi connectivity index (χ2n) is 5.10. The van der Waals surface area contributed by atoms with Gasteiger partial charge in [0.05, 0.1) is 12.9 Å². The van der Waals surface area contributed by atoms with Crippen LogP contribution in [0.2, 0.25) is 5.02 Å². The average molecular weight is 311 g/mol. The third-order valence-electron chi connectivity index (χ3n) is 2.83. The highest BCUT2D eigenvalue weighted by atomic mass is 35.5. The molecule has 0 aromatic heterocycles. The lowest BCUT2D eigenvalue weighted by Crippen LogP contribution is -2.26. The van der Waals surface area contributed by atoms with Crippen molar-refractivity contribution in [2.45, 2.75) is 32.2 Å². The molecular formula is C16H23ClN2O2. The smallest absolute Gasteiger partial charge is 0.331 e. The Morgan fingerprint density at radius 1 is 1.38 bits per heavy atom. The Morgan fingerprint density at radius 3 is 2.62 bits per heavy atom. The standard InChI is InChI=1S/C16H23ClN2O2/c1-4-5-10-21-16(20)15(18-12-19(2)3)11-13-6-8-14(17)9-7-13/h6-9,12,15H,4-5,10-11H2,1-3H3. The van der Waals surface area contributed by atoms with E-state index in [1.807, 2.05) is 38.4 Å². The number of benzene rings is 1. The largest absolute Gasteiger partial charge is 0.464 e. The van der Waals surface area contributed by atoms with Gasteiger partial charge in [-0.1, -0.05) is 37.1 Å². The Kier molecular flexibility index (Phi) is 7.83. The first kappa shape index (κ1) is 17.5. The van der Waals surface area contributed by atoms with Gasteiger partial charge in [-0.05, 0) is 24.1 Å². The van der Waals surface area contributed by atoms with Crippen molar-refractivity contribution in [1.82, 2.24) is 4.90 Å². The summed E-state index contributed by atoms with van der Waals surface area (Å²) in [5.74, 6) is -0.281. The van der Waals surface area contributed by atoms with Crippen LogP contribution in [-0.2, 0) is 16.0 Å². The maximum absolute atomic E-state index is 12.1. The first-order valence-corrected chi connectivity index (χ1v) is 7.51. The van der Waals surface area contributed by atoms with E-state index in [2.05, 4.69) is 11.9 Å². The quantitative estimate of drug-likeness (QED) is 0.320. The normalized spacial score (nSPS) is 12.4. The van der Waals surface area contributed by atoms with Crippen molar-refractivity contribution in [3.05, 3.63) is 34.9 Å². The molecule has 1 aromatic carbocycles. The molecule has 0 bridgehead atoms. The molecule has 116 valence electrons. The molecule has 0 N–H and O–H groups in total. The molecule has 1 rings (SSSR count). The minimum atomic E-state index is -0.523. The van der Waals surface area contributed by atoms with Crippen LogP contribution >= 0.6 is 11.6 Å². The molecule has 0 aliphatic heterocycles. The fourth-order valence-corrected chi connectivity index (χ4v) is 1.79. The van der Waals surface area contributed by atoms with Gasteiger partial charge in [-0.2, -0.15) is 0 Å². The molecule has 0 aliphatic carbocycles. The molecular weight excluding hydrogens is 288 g/mol. The van der Waals surface area contributed by atoms with Crippen molar-refractivity contribution in [2.75, 3.05) is 20.7 Å². The van der Waals surface area contributed by atoms with Gasteiger partial charge >= 0.3 is 5.97 Å². The minimum absolute atomic E-state index is 0.281. The maximum atomic E-state index is 12.1. The lowest BCUT2D eigenvalue weighted by Gasteiger charge is -2.13. The number of hydrogen-bond acceptors (Lipinski definition) is 3. The fourth-order valence-electron chi connectivity index (χ4n) is 1.67. The van der Waals surface area contributed by atoms with E-state index < -0.39 is 6.04 Å². The highest BCUT2D eigenvalue weighted by Crippen LogP contribution is 2.13. The minimum Gasteiger partial charge on any atom is -0.464 e. The summed E-state index contributed by atoms with van der Waals surface area (Å²) in [5.41, 5.74) is 1.01. The van der Waals surface area contributed by atoms with Crippen molar-refractivity contribution in [1.29, 1.82) is 0 Å². The van der Waals surface area contributed by atoms with Gasteiger partial charge in [0.1, 0.15) is 0 Å². The van der Waals surface area contributed by atoms with Crippen LogP contribution in [0.4, 0.5) is 0 Å². The van der Waals surface area contributed by atoms with Gasteiger partial charge in [-0.15, -0.1) is 0 Å². The number of hydrogen-bond donors (Lipinski definition) is 0. The first-order valence-electron chi connectivity index (χ1n) is 7.13. The Balaban J connectivity index is 2.71. The van der Waals surface area contributed by atoms with Crippen molar-refractivity contribution in [3.63, 3.8) is 0 Å². The molecule has 0 heterocycles. The molecule has 1 atom stereocenters. The monoisotopic (exact) mass is 310 g/mol. The summed E-state index contributed by atoms with van der Waals surface area (Å²) in [5, 5.41) is 0.678. The summed E-state index contributed by atoms with van der Waals surface area (Å²) in [6, 6.07) is 6.91. The number of carbonyl (C=O) groups is 1.